The van der Waals surface area contributed by atoms with Crippen LogP contribution >= 0.6 is 0 Å². The van der Waals surface area contributed by atoms with Crippen molar-refractivity contribution in [3.8, 4) is 5.88 Å². The molecule has 0 saturated carbocycles. The van der Waals surface area contributed by atoms with Gasteiger partial charge in [-0.25, -0.2) is 9.97 Å². The first-order valence-corrected chi connectivity index (χ1v) is 6.87. The predicted octanol–water partition coefficient (Wildman–Crippen LogP) is 1.21. The molecule has 1 aromatic rings. The van der Waals surface area contributed by atoms with Crippen LogP contribution in [-0.4, -0.2) is 42.3 Å². The molecule has 2 fully saturated rings. The number of anilines is 1. The molecule has 18 heavy (non-hydrogen) atoms. The van der Waals surface area contributed by atoms with Crippen LogP contribution < -0.4 is 15.0 Å². The zero-order valence-corrected chi connectivity index (χ0v) is 10.6. The van der Waals surface area contributed by atoms with E-state index in [2.05, 4.69) is 20.2 Å². The number of piperidine rings is 1. The van der Waals surface area contributed by atoms with E-state index in [-0.39, 0.29) is 6.10 Å². The Labute approximate surface area is 108 Å². The topological polar surface area (TPSA) is 50.3 Å². The Hall–Kier alpha value is -1.36. The van der Waals surface area contributed by atoms with E-state index in [0.717, 1.165) is 44.8 Å². The molecule has 1 aromatic heterocycles. The number of hydrogen-bond donors (Lipinski definition) is 1. The molecule has 0 spiro atoms. The minimum absolute atomic E-state index is 0.282. The minimum Gasteiger partial charge on any atom is -0.472 e. The Morgan fingerprint density at radius 3 is 2.61 bits per heavy atom. The van der Waals surface area contributed by atoms with Crippen LogP contribution in [0.3, 0.4) is 0 Å². The van der Waals surface area contributed by atoms with E-state index in [1.165, 1.54) is 12.8 Å². The van der Waals surface area contributed by atoms with Crippen molar-refractivity contribution in [2.75, 3.05) is 31.1 Å². The Balaban J connectivity index is 1.73. The van der Waals surface area contributed by atoms with Crippen molar-refractivity contribution in [1.29, 1.82) is 0 Å². The van der Waals surface area contributed by atoms with Gasteiger partial charge in [0.1, 0.15) is 6.10 Å². The zero-order chi connectivity index (χ0) is 12.2. The van der Waals surface area contributed by atoms with E-state index in [1.54, 1.807) is 12.4 Å². The molecule has 5 nitrogen and oxygen atoms in total. The zero-order valence-electron chi connectivity index (χ0n) is 10.6. The molecule has 5 heteroatoms. The Kier molecular flexibility index (Phi) is 3.59. The number of nitrogens with one attached hydrogen (secondary N) is 1. The van der Waals surface area contributed by atoms with Crippen LogP contribution in [0.15, 0.2) is 12.4 Å². The molecule has 98 valence electrons. The van der Waals surface area contributed by atoms with Gasteiger partial charge >= 0.3 is 0 Å². The lowest BCUT2D eigenvalue weighted by Crippen LogP contribution is -2.34. The number of hydrogen-bond acceptors (Lipinski definition) is 5. The first kappa shape index (κ1) is 11.7. The van der Waals surface area contributed by atoms with Crippen LogP contribution in [0.25, 0.3) is 0 Å². The lowest BCUT2D eigenvalue weighted by atomic mass is 10.1. The highest BCUT2D eigenvalue weighted by molar-refractivity contribution is 5.48. The Morgan fingerprint density at radius 1 is 1.11 bits per heavy atom. The smallest absolute Gasteiger partial charge is 0.257 e. The van der Waals surface area contributed by atoms with Gasteiger partial charge in [0.05, 0.1) is 0 Å². The molecule has 0 radical (unpaired) electrons. The van der Waals surface area contributed by atoms with Crippen LogP contribution in [0, 0.1) is 0 Å². The third-order valence-electron chi connectivity index (χ3n) is 3.62. The second-order valence-electron chi connectivity index (χ2n) is 4.95. The van der Waals surface area contributed by atoms with E-state index in [4.69, 9.17) is 4.74 Å². The van der Waals surface area contributed by atoms with Crippen molar-refractivity contribution in [1.82, 2.24) is 15.3 Å². The summed E-state index contributed by atoms with van der Waals surface area (Å²) in [7, 11) is 0. The first-order chi connectivity index (χ1) is 8.93. The van der Waals surface area contributed by atoms with E-state index in [9.17, 15) is 0 Å². The maximum atomic E-state index is 6.04. The number of rotatable bonds is 3. The van der Waals surface area contributed by atoms with E-state index in [1.807, 2.05) is 0 Å². The largest absolute Gasteiger partial charge is 0.472 e. The van der Waals surface area contributed by atoms with Crippen molar-refractivity contribution in [2.24, 2.45) is 0 Å². The summed E-state index contributed by atoms with van der Waals surface area (Å²) < 4.78 is 6.04. The predicted molar refractivity (Wildman–Crippen MR) is 70.0 cm³/mol. The van der Waals surface area contributed by atoms with Crippen molar-refractivity contribution in [3.63, 3.8) is 0 Å². The second-order valence-corrected chi connectivity index (χ2v) is 4.95. The van der Waals surface area contributed by atoms with Crippen LogP contribution in [0.4, 0.5) is 5.82 Å². The van der Waals surface area contributed by atoms with Gasteiger partial charge in [-0.05, 0) is 38.8 Å². The molecule has 0 aromatic carbocycles. The van der Waals surface area contributed by atoms with Crippen LogP contribution in [0.1, 0.15) is 25.7 Å². The number of ether oxygens (including phenoxy) is 1. The van der Waals surface area contributed by atoms with E-state index in [0.29, 0.717) is 5.88 Å². The monoisotopic (exact) mass is 248 g/mol. The molecule has 3 rings (SSSR count). The highest BCUT2D eigenvalue weighted by atomic mass is 16.5. The molecule has 0 bridgehead atoms. The molecular formula is C13H20N4O. The van der Waals surface area contributed by atoms with Crippen LogP contribution in [0.5, 0.6) is 5.88 Å². The summed E-state index contributed by atoms with van der Waals surface area (Å²) in [5.41, 5.74) is 0. The highest BCUT2D eigenvalue weighted by Gasteiger charge is 2.22. The first-order valence-electron chi connectivity index (χ1n) is 6.87. The van der Waals surface area contributed by atoms with Gasteiger partial charge in [0.15, 0.2) is 5.82 Å². The summed E-state index contributed by atoms with van der Waals surface area (Å²) in [6, 6.07) is 0. The lowest BCUT2D eigenvalue weighted by molar-refractivity contribution is 0.156. The fourth-order valence-corrected chi connectivity index (χ4v) is 2.62. The maximum Gasteiger partial charge on any atom is 0.257 e. The average Bonchev–Trinajstić information content (AvgIpc) is 2.94. The summed E-state index contributed by atoms with van der Waals surface area (Å²) in [5.74, 6) is 1.64. The molecule has 0 amide bonds. The van der Waals surface area contributed by atoms with Crippen LogP contribution in [0.2, 0.25) is 0 Å². The van der Waals surface area contributed by atoms with Gasteiger partial charge in [-0.2, -0.15) is 0 Å². The van der Waals surface area contributed by atoms with Gasteiger partial charge in [-0.15, -0.1) is 0 Å². The molecule has 3 heterocycles. The fraction of sp³-hybridized carbons (Fsp3) is 0.692. The molecule has 0 atom stereocenters. The third-order valence-corrected chi connectivity index (χ3v) is 3.62. The molecular weight excluding hydrogens is 228 g/mol. The normalized spacial score (nSPS) is 21.2. The van der Waals surface area contributed by atoms with Gasteiger partial charge in [0, 0.05) is 25.5 Å². The molecule has 0 unspecified atom stereocenters. The Morgan fingerprint density at radius 2 is 1.83 bits per heavy atom. The summed E-state index contributed by atoms with van der Waals surface area (Å²) in [4.78, 5) is 11.1. The SMILES string of the molecule is c1cnc(N2CCCC2)c(OC2CCNCC2)n1. The fourth-order valence-electron chi connectivity index (χ4n) is 2.62. The summed E-state index contributed by atoms with van der Waals surface area (Å²) in [6.07, 6.45) is 8.34. The van der Waals surface area contributed by atoms with Crippen molar-refractivity contribution in [3.05, 3.63) is 12.4 Å². The summed E-state index contributed by atoms with van der Waals surface area (Å²) in [6.45, 7) is 4.20. The summed E-state index contributed by atoms with van der Waals surface area (Å²) in [5, 5.41) is 3.34. The molecule has 2 saturated heterocycles. The van der Waals surface area contributed by atoms with Gasteiger partial charge in [-0.3, -0.25) is 0 Å². The maximum absolute atomic E-state index is 6.04. The minimum atomic E-state index is 0.282. The Bertz CT molecular complexity index is 386. The lowest BCUT2D eigenvalue weighted by Gasteiger charge is -2.25. The summed E-state index contributed by atoms with van der Waals surface area (Å²) >= 11 is 0. The molecule has 1 N–H and O–H groups in total. The average molecular weight is 248 g/mol. The molecule has 0 aliphatic carbocycles. The van der Waals surface area contributed by atoms with Crippen molar-refractivity contribution < 1.29 is 4.74 Å². The van der Waals surface area contributed by atoms with E-state index < -0.39 is 0 Å². The number of aromatic nitrogens is 2. The highest BCUT2D eigenvalue weighted by Crippen LogP contribution is 2.27. The van der Waals surface area contributed by atoms with Gasteiger partial charge < -0.3 is 15.0 Å². The van der Waals surface area contributed by atoms with Gasteiger partial charge in [0.25, 0.3) is 5.88 Å². The molecule has 2 aliphatic rings. The van der Waals surface area contributed by atoms with Gasteiger partial charge in [0.2, 0.25) is 0 Å². The van der Waals surface area contributed by atoms with Gasteiger partial charge in [-0.1, -0.05) is 0 Å². The van der Waals surface area contributed by atoms with Crippen molar-refractivity contribution >= 4 is 5.82 Å². The van der Waals surface area contributed by atoms with Crippen molar-refractivity contribution in [2.45, 2.75) is 31.8 Å². The third kappa shape index (κ3) is 2.56. The number of nitrogens with zero attached hydrogens (tertiary/aromatic N) is 3. The van der Waals surface area contributed by atoms with E-state index >= 15 is 0 Å². The standard InChI is InChI=1S/C13H20N4O/c1-2-10-17(9-1)12-13(16-8-7-15-12)18-11-3-5-14-6-4-11/h7-8,11,14H,1-6,9-10H2. The second kappa shape index (κ2) is 5.52. The molecule has 2 aliphatic heterocycles. The quantitative estimate of drug-likeness (QED) is 0.871. The van der Waals surface area contributed by atoms with Crippen LogP contribution in [-0.2, 0) is 0 Å².